The van der Waals surface area contributed by atoms with Crippen LogP contribution in [0.15, 0.2) is 0 Å². The highest BCUT2D eigenvalue weighted by molar-refractivity contribution is 7.12. The van der Waals surface area contributed by atoms with Crippen molar-refractivity contribution in [3.05, 3.63) is 0 Å². The Kier molecular flexibility index (Phi) is 4.74. The molecule has 0 heterocycles. The van der Waals surface area contributed by atoms with Gasteiger partial charge in [0, 0.05) is 0 Å². The summed E-state index contributed by atoms with van der Waals surface area (Å²) in [5.41, 5.74) is 3.29. The zero-order valence-corrected chi connectivity index (χ0v) is 10.1. The van der Waals surface area contributed by atoms with Crippen molar-refractivity contribution in [1.82, 2.24) is 0 Å². The Morgan fingerprint density at radius 2 is 1.90 bits per heavy atom. The van der Waals surface area contributed by atoms with Gasteiger partial charge in [-0.3, -0.25) is 0 Å². The van der Waals surface area contributed by atoms with Gasteiger partial charge >= 0.3 is 13.2 Å². The molecule has 0 radical (unpaired) electrons. The molecule has 0 saturated carbocycles. The molecule has 0 rings (SSSR count). The zero-order chi connectivity index (χ0) is 8.20. The monoisotopic (exact) mass is 188 g/mol. The van der Waals surface area contributed by atoms with Crippen molar-refractivity contribution in [2.45, 2.75) is 31.8 Å². The first kappa shape index (κ1) is 10.6. The summed E-state index contributed by atoms with van der Waals surface area (Å²) in [6.07, 6.45) is 0. The molecule has 3 heteroatoms. The van der Waals surface area contributed by atoms with Crippen LogP contribution in [0.3, 0.4) is 0 Å². The van der Waals surface area contributed by atoms with Crippen LogP contribution >= 0.6 is 10.0 Å². The van der Waals surface area contributed by atoms with Gasteiger partial charge in [0.2, 0.25) is 0 Å². The summed E-state index contributed by atoms with van der Waals surface area (Å²) in [5.74, 6) is 0. The maximum Gasteiger partial charge on any atom is 0.496 e. The van der Waals surface area contributed by atoms with E-state index in [0.29, 0.717) is 0 Å². The molecule has 0 amide bonds. The third-order valence-electron chi connectivity index (χ3n) is 0.962. The van der Waals surface area contributed by atoms with E-state index in [0.717, 1.165) is 5.28 Å². The lowest BCUT2D eigenvalue weighted by Crippen LogP contribution is -2.17. The van der Waals surface area contributed by atoms with Crippen molar-refractivity contribution < 1.29 is 0 Å². The lowest BCUT2D eigenvalue weighted by Gasteiger charge is -2.03. The first-order valence-corrected chi connectivity index (χ1v) is 10.3. The van der Waals surface area contributed by atoms with Gasteiger partial charge in [-0.05, 0) is 0 Å². The molecule has 0 spiro atoms. The fraction of sp³-hybridized carbons (Fsp3) is 0.714. The van der Waals surface area contributed by atoms with Crippen LogP contribution in [0.1, 0.15) is 6.92 Å². The fourth-order valence-electron chi connectivity index (χ4n) is 0.397. The minimum atomic E-state index is -1.15. The number of rotatable bonds is 1. The Balaban J connectivity index is 3.91. The van der Waals surface area contributed by atoms with E-state index in [1.165, 1.54) is 0 Å². The summed E-state index contributed by atoms with van der Waals surface area (Å²) < 4.78 is 0. The average Bonchev–Trinajstić information content (AvgIpc) is 1.81. The molecule has 0 N–H and O–H groups in total. The van der Waals surface area contributed by atoms with Gasteiger partial charge in [0.1, 0.15) is 8.07 Å². The average molecular weight is 189 g/mol. The second kappa shape index (κ2) is 4.47. The van der Waals surface area contributed by atoms with Crippen LogP contribution in [0.5, 0.6) is 0 Å². The molecule has 0 aromatic heterocycles. The highest BCUT2D eigenvalue weighted by atomic mass is 35.6. The summed E-state index contributed by atoms with van der Waals surface area (Å²) in [7, 11) is 4.81. The standard InChI is InChI=1S/C5H9Si.C2H5.Al.ClH/c1-5-6(2,3)4;1-2;;/h2-4H3;1H2,2H3;;1H/q;;+1;/p-1. The molecule has 0 aliphatic heterocycles. The molecule has 0 saturated heterocycles. The normalized spacial score (nSPS) is 10.1. The molecule has 0 bridgehead atoms. The Labute approximate surface area is 73.6 Å². The van der Waals surface area contributed by atoms with Gasteiger partial charge < -0.3 is 0 Å². The van der Waals surface area contributed by atoms with Crippen molar-refractivity contribution in [3.63, 3.8) is 0 Å². The first-order valence-electron chi connectivity index (χ1n) is 3.62. The fourth-order valence-corrected chi connectivity index (χ4v) is 3.45. The number of hydrogen-bond acceptors (Lipinski definition) is 0. The molecule has 0 atom stereocenters. The van der Waals surface area contributed by atoms with Crippen LogP contribution in [-0.4, -0.2) is 21.3 Å². The molecule has 0 unspecified atom stereocenters. The maximum absolute atomic E-state index is 5.96. The predicted octanol–water partition coefficient (Wildman–Crippen LogP) is 2.66. The topological polar surface area (TPSA) is 0 Å². The predicted molar refractivity (Wildman–Crippen MR) is 53.2 cm³/mol. The molecule has 10 heavy (non-hydrogen) atoms. The van der Waals surface area contributed by atoms with Gasteiger partial charge in [-0.1, -0.05) is 31.8 Å². The van der Waals surface area contributed by atoms with Crippen LogP contribution in [0.4, 0.5) is 0 Å². The molecule has 56 valence electrons. The minimum absolute atomic E-state index is 1.08. The van der Waals surface area contributed by atoms with Crippen LogP contribution in [0.2, 0.25) is 24.9 Å². The van der Waals surface area contributed by atoms with Gasteiger partial charge in [-0.25, -0.2) is 10.0 Å². The Bertz CT molecular complexity index is 151. The van der Waals surface area contributed by atoms with Crippen LogP contribution in [0, 0.1) is 10.3 Å². The molecule has 0 aliphatic carbocycles. The molecule has 0 nitrogen and oxygen atoms in total. The van der Waals surface area contributed by atoms with E-state index in [4.69, 9.17) is 10.0 Å². The van der Waals surface area contributed by atoms with Crippen molar-refractivity contribution >= 4 is 31.4 Å². The second-order valence-electron chi connectivity index (χ2n) is 3.40. The van der Waals surface area contributed by atoms with Gasteiger partial charge in [0.05, 0.1) is 0 Å². The zero-order valence-electron chi connectivity index (χ0n) is 7.16. The maximum atomic E-state index is 5.96. The molecule has 0 aromatic carbocycles. The SMILES string of the molecule is C[CH2][Al]([Cl])[C]#C[Si](C)(C)C. The van der Waals surface area contributed by atoms with E-state index >= 15 is 0 Å². The summed E-state index contributed by atoms with van der Waals surface area (Å²) in [4.78, 5) is 3.19. The van der Waals surface area contributed by atoms with Crippen molar-refractivity contribution in [2.75, 3.05) is 0 Å². The van der Waals surface area contributed by atoms with Crippen molar-refractivity contribution in [2.24, 2.45) is 0 Å². The Morgan fingerprint density at radius 1 is 1.40 bits per heavy atom. The third kappa shape index (κ3) is 6.72. The Hall–Kier alpha value is 0.599. The largest absolute Gasteiger partial charge is 0.496 e. The van der Waals surface area contributed by atoms with Gasteiger partial charge in [0.15, 0.2) is 0 Å². The number of hydrogen-bond donors (Lipinski definition) is 0. The Morgan fingerprint density at radius 3 is 2.20 bits per heavy atom. The molecular weight excluding hydrogens is 175 g/mol. The highest BCUT2D eigenvalue weighted by Gasteiger charge is 2.11. The van der Waals surface area contributed by atoms with E-state index in [1.807, 2.05) is 0 Å². The van der Waals surface area contributed by atoms with Crippen LogP contribution < -0.4 is 0 Å². The molecule has 0 aliphatic rings. The summed E-state index contributed by atoms with van der Waals surface area (Å²) >= 11 is -1.14. The molecule has 0 fully saturated rings. The molecular formula is C7H14AlClSi. The highest BCUT2D eigenvalue weighted by Crippen LogP contribution is 1.99. The second-order valence-corrected chi connectivity index (χ2v) is 11.8. The lowest BCUT2D eigenvalue weighted by molar-refractivity contribution is 1.46. The summed E-state index contributed by atoms with van der Waals surface area (Å²) in [5, 5.41) is 1.08. The lowest BCUT2D eigenvalue weighted by atomic mass is 11.0. The van der Waals surface area contributed by atoms with Crippen molar-refractivity contribution in [1.29, 1.82) is 0 Å². The van der Waals surface area contributed by atoms with Gasteiger partial charge in [-0.15, -0.1) is 0 Å². The van der Waals surface area contributed by atoms with Gasteiger partial charge in [-0.2, -0.15) is 10.3 Å². The van der Waals surface area contributed by atoms with Gasteiger partial charge in [0.25, 0.3) is 0 Å². The van der Waals surface area contributed by atoms with E-state index in [9.17, 15) is 0 Å². The van der Waals surface area contributed by atoms with Crippen LogP contribution in [0.25, 0.3) is 0 Å². The smallest absolute Gasteiger partial charge is 0.239 e. The van der Waals surface area contributed by atoms with E-state index in [1.54, 1.807) is 0 Å². The van der Waals surface area contributed by atoms with E-state index in [2.05, 4.69) is 36.9 Å². The summed E-state index contributed by atoms with van der Waals surface area (Å²) in [6.45, 7) is 8.85. The van der Waals surface area contributed by atoms with E-state index < -0.39 is 21.3 Å². The molecule has 0 aromatic rings. The summed E-state index contributed by atoms with van der Waals surface area (Å²) in [6, 6.07) is 0. The van der Waals surface area contributed by atoms with Crippen LogP contribution in [-0.2, 0) is 0 Å². The van der Waals surface area contributed by atoms with E-state index in [-0.39, 0.29) is 0 Å². The first-order chi connectivity index (χ1) is 4.45. The van der Waals surface area contributed by atoms with Crippen molar-refractivity contribution in [3.8, 4) is 10.3 Å². The quantitative estimate of drug-likeness (QED) is 0.439. The number of halogens is 1. The third-order valence-corrected chi connectivity index (χ3v) is 4.57. The minimum Gasteiger partial charge on any atom is -0.239 e.